The van der Waals surface area contributed by atoms with Crippen LogP contribution in [0.3, 0.4) is 0 Å². The molecule has 1 aliphatic heterocycles. The number of ether oxygens (including phenoxy) is 2. The molecule has 1 amide bonds. The zero-order valence-corrected chi connectivity index (χ0v) is 12.3. The highest BCUT2D eigenvalue weighted by Crippen LogP contribution is 2.27. The summed E-state index contributed by atoms with van der Waals surface area (Å²) in [7, 11) is 1.53. The van der Waals surface area contributed by atoms with Crippen LogP contribution in [0.4, 0.5) is 0 Å². The lowest BCUT2D eigenvalue weighted by Crippen LogP contribution is -2.35. The summed E-state index contributed by atoms with van der Waals surface area (Å²) in [6.07, 6.45) is 5.20. The van der Waals surface area contributed by atoms with Crippen molar-refractivity contribution in [1.29, 1.82) is 0 Å². The van der Waals surface area contributed by atoms with E-state index in [2.05, 4.69) is 0 Å². The van der Waals surface area contributed by atoms with E-state index in [-0.39, 0.29) is 12.5 Å². The molecule has 1 saturated heterocycles. The summed E-state index contributed by atoms with van der Waals surface area (Å²) in [5.41, 5.74) is 0.494. The number of rotatable bonds is 5. The molecule has 0 aromatic heterocycles. The molecule has 0 saturated carbocycles. The first-order chi connectivity index (χ1) is 10.2. The Morgan fingerprint density at radius 1 is 1.19 bits per heavy atom. The molecule has 21 heavy (non-hydrogen) atoms. The van der Waals surface area contributed by atoms with Crippen molar-refractivity contribution in [3.05, 3.63) is 23.8 Å². The molecular weight excluding hydrogens is 270 g/mol. The maximum Gasteiger partial charge on any atom is 0.260 e. The minimum absolute atomic E-state index is 0.0181. The van der Waals surface area contributed by atoms with E-state index < -0.39 is 0 Å². The van der Waals surface area contributed by atoms with Crippen LogP contribution in [0, 0.1) is 0 Å². The summed E-state index contributed by atoms with van der Waals surface area (Å²) in [6.45, 7) is 1.57. The highest BCUT2D eigenvalue weighted by Gasteiger charge is 2.16. The fourth-order valence-corrected chi connectivity index (χ4v) is 2.43. The van der Waals surface area contributed by atoms with E-state index in [1.54, 1.807) is 18.2 Å². The van der Waals surface area contributed by atoms with Crippen molar-refractivity contribution in [3.63, 3.8) is 0 Å². The van der Waals surface area contributed by atoms with E-state index in [9.17, 15) is 9.59 Å². The lowest BCUT2D eigenvalue weighted by Gasteiger charge is -2.20. The van der Waals surface area contributed by atoms with Gasteiger partial charge in [0.1, 0.15) is 6.29 Å². The molecule has 5 heteroatoms. The van der Waals surface area contributed by atoms with Gasteiger partial charge in [0.2, 0.25) is 0 Å². The predicted molar refractivity (Wildman–Crippen MR) is 78.9 cm³/mol. The summed E-state index contributed by atoms with van der Waals surface area (Å²) >= 11 is 0. The third kappa shape index (κ3) is 4.21. The van der Waals surface area contributed by atoms with Crippen molar-refractivity contribution < 1.29 is 19.1 Å². The van der Waals surface area contributed by atoms with Crippen LogP contribution in [0.2, 0.25) is 0 Å². The van der Waals surface area contributed by atoms with Crippen LogP contribution >= 0.6 is 0 Å². The summed E-state index contributed by atoms with van der Waals surface area (Å²) in [6, 6.07) is 4.90. The van der Waals surface area contributed by atoms with Gasteiger partial charge in [-0.1, -0.05) is 12.8 Å². The van der Waals surface area contributed by atoms with Gasteiger partial charge < -0.3 is 14.4 Å². The third-order valence-corrected chi connectivity index (χ3v) is 3.63. The van der Waals surface area contributed by atoms with Crippen LogP contribution in [0.25, 0.3) is 0 Å². The monoisotopic (exact) mass is 291 g/mol. The fraction of sp³-hybridized carbons (Fsp3) is 0.500. The zero-order chi connectivity index (χ0) is 15.1. The Labute approximate surface area is 124 Å². The lowest BCUT2D eigenvalue weighted by molar-refractivity contribution is -0.133. The number of methoxy groups -OCH3 is 1. The third-order valence-electron chi connectivity index (χ3n) is 3.63. The molecule has 0 atom stereocenters. The largest absolute Gasteiger partial charge is 0.493 e. The Balaban J connectivity index is 1.98. The number of hydrogen-bond donors (Lipinski definition) is 0. The van der Waals surface area contributed by atoms with Crippen LogP contribution in [0.1, 0.15) is 36.0 Å². The smallest absolute Gasteiger partial charge is 0.260 e. The van der Waals surface area contributed by atoms with E-state index >= 15 is 0 Å². The molecule has 0 spiro atoms. The Kier molecular flexibility index (Phi) is 5.60. The summed E-state index contributed by atoms with van der Waals surface area (Å²) in [5, 5.41) is 0. The molecule has 114 valence electrons. The Morgan fingerprint density at radius 3 is 2.52 bits per heavy atom. The molecular formula is C16H21NO4. The van der Waals surface area contributed by atoms with Gasteiger partial charge in [0.25, 0.3) is 5.91 Å². The second-order valence-corrected chi connectivity index (χ2v) is 5.11. The van der Waals surface area contributed by atoms with Crippen molar-refractivity contribution >= 4 is 12.2 Å². The molecule has 0 radical (unpaired) electrons. The Morgan fingerprint density at radius 2 is 1.90 bits per heavy atom. The van der Waals surface area contributed by atoms with Gasteiger partial charge in [0.05, 0.1) is 7.11 Å². The van der Waals surface area contributed by atoms with Gasteiger partial charge in [0.15, 0.2) is 18.1 Å². The van der Waals surface area contributed by atoms with E-state index in [1.165, 1.54) is 20.0 Å². The fourth-order valence-electron chi connectivity index (χ4n) is 2.43. The number of carbonyl (C=O) groups excluding carboxylic acids is 2. The van der Waals surface area contributed by atoms with Gasteiger partial charge in [-0.15, -0.1) is 0 Å². The van der Waals surface area contributed by atoms with E-state index in [4.69, 9.17) is 9.47 Å². The van der Waals surface area contributed by atoms with Crippen molar-refractivity contribution in [3.8, 4) is 11.5 Å². The number of aldehydes is 1. The molecule has 1 aliphatic rings. The quantitative estimate of drug-likeness (QED) is 0.781. The number of nitrogens with zero attached hydrogens (tertiary/aromatic N) is 1. The summed E-state index contributed by atoms with van der Waals surface area (Å²) in [4.78, 5) is 24.8. The van der Waals surface area contributed by atoms with Gasteiger partial charge in [-0.25, -0.2) is 0 Å². The predicted octanol–water partition coefficient (Wildman–Crippen LogP) is 2.29. The van der Waals surface area contributed by atoms with Gasteiger partial charge in [0, 0.05) is 18.7 Å². The van der Waals surface area contributed by atoms with Gasteiger partial charge in [-0.2, -0.15) is 0 Å². The maximum absolute atomic E-state index is 12.2. The van der Waals surface area contributed by atoms with E-state index in [0.717, 1.165) is 32.2 Å². The summed E-state index contributed by atoms with van der Waals surface area (Å²) in [5.74, 6) is 0.921. The second-order valence-electron chi connectivity index (χ2n) is 5.11. The zero-order valence-electron chi connectivity index (χ0n) is 12.3. The van der Waals surface area contributed by atoms with E-state index in [0.29, 0.717) is 17.1 Å². The van der Waals surface area contributed by atoms with E-state index in [1.807, 2.05) is 4.90 Å². The first-order valence-electron chi connectivity index (χ1n) is 7.28. The average Bonchev–Trinajstić information content (AvgIpc) is 2.81. The minimum atomic E-state index is -0.0291. The molecule has 1 fully saturated rings. The molecule has 0 aliphatic carbocycles. The Hall–Kier alpha value is -2.04. The van der Waals surface area contributed by atoms with Crippen LogP contribution in [0.15, 0.2) is 18.2 Å². The van der Waals surface area contributed by atoms with Crippen LogP contribution in [0.5, 0.6) is 11.5 Å². The molecule has 1 heterocycles. The highest BCUT2D eigenvalue weighted by molar-refractivity contribution is 5.78. The first kappa shape index (κ1) is 15.4. The van der Waals surface area contributed by atoms with Crippen molar-refractivity contribution in [1.82, 2.24) is 4.90 Å². The molecule has 2 rings (SSSR count). The number of likely N-dealkylation sites (tertiary alicyclic amines) is 1. The van der Waals surface area contributed by atoms with Gasteiger partial charge in [-0.05, 0) is 31.0 Å². The van der Waals surface area contributed by atoms with Crippen molar-refractivity contribution in [2.75, 3.05) is 26.8 Å². The number of hydrogen-bond acceptors (Lipinski definition) is 4. The average molecular weight is 291 g/mol. The first-order valence-corrected chi connectivity index (χ1v) is 7.28. The highest BCUT2D eigenvalue weighted by atomic mass is 16.5. The topological polar surface area (TPSA) is 55.8 Å². The van der Waals surface area contributed by atoms with Crippen LogP contribution in [-0.2, 0) is 4.79 Å². The van der Waals surface area contributed by atoms with Crippen LogP contribution in [-0.4, -0.2) is 43.9 Å². The minimum Gasteiger partial charge on any atom is -0.493 e. The molecule has 0 N–H and O–H groups in total. The number of benzene rings is 1. The second kappa shape index (κ2) is 7.67. The standard InChI is InChI=1S/C16H21NO4/c1-20-14-7-6-13(11-18)10-15(14)21-12-16(19)17-8-4-2-3-5-9-17/h6-7,10-11H,2-5,8-9,12H2,1H3. The van der Waals surface area contributed by atoms with Gasteiger partial charge >= 0.3 is 0 Å². The SMILES string of the molecule is COc1ccc(C=O)cc1OCC(=O)N1CCCCCC1. The lowest BCUT2D eigenvalue weighted by atomic mass is 10.2. The maximum atomic E-state index is 12.2. The summed E-state index contributed by atoms with van der Waals surface area (Å²) < 4.78 is 10.7. The van der Waals surface area contributed by atoms with Crippen molar-refractivity contribution in [2.24, 2.45) is 0 Å². The normalized spacial score (nSPS) is 15.2. The van der Waals surface area contributed by atoms with Crippen molar-refractivity contribution in [2.45, 2.75) is 25.7 Å². The van der Waals surface area contributed by atoms with Crippen LogP contribution < -0.4 is 9.47 Å². The number of amides is 1. The molecule has 0 unspecified atom stereocenters. The van der Waals surface area contributed by atoms with Gasteiger partial charge in [-0.3, -0.25) is 9.59 Å². The molecule has 1 aromatic carbocycles. The molecule has 5 nitrogen and oxygen atoms in total. The number of carbonyl (C=O) groups is 2. The molecule has 0 bridgehead atoms. The Bertz CT molecular complexity index is 493. The molecule has 1 aromatic rings.